The minimum absolute atomic E-state index is 0.159. The highest BCUT2D eigenvalue weighted by Gasteiger charge is 2.30. The second kappa shape index (κ2) is 9.66. The molecule has 19 heavy (non-hydrogen) atoms. The summed E-state index contributed by atoms with van der Waals surface area (Å²) in [6.45, 7) is 9.02. The first-order valence-electron chi connectivity index (χ1n) is 7.14. The zero-order valence-corrected chi connectivity index (χ0v) is 12.8. The van der Waals surface area contributed by atoms with E-state index >= 15 is 0 Å². The largest absolute Gasteiger partial charge is 0.382 e. The Morgan fingerprint density at radius 2 is 1.63 bits per heavy atom. The van der Waals surface area contributed by atoms with Gasteiger partial charge in [0.1, 0.15) is 6.23 Å². The van der Waals surface area contributed by atoms with Gasteiger partial charge >= 0.3 is 0 Å². The van der Waals surface area contributed by atoms with Crippen LogP contribution in [-0.4, -0.2) is 71.0 Å². The summed E-state index contributed by atoms with van der Waals surface area (Å²) in [5.74, 6) is 0.588. The molecule has 1 aliphatic rings. The Hall–Kier alpha value is -0.200. The molecule has 0 aromatic heterocycles. The van der Waals surface area contributed by atoms with Gasteiger partial charge in [0.15, 0.2) is 0 Å². The van der Waals surface area contributed by atoms with Gasteiger partial charge in [0, 0.05) is 27.3 Å². The highest BCUT2D eigenvalue weighted by atomic mass is 16.5. The Balaban J connectivity index is 2.20. The van der Waals surface area contributed by atoms with E-state index in [1.807, 2.05) is 0 Å². The lowest BCUT2D eigenvalue weighted by molar-refractivity contribution is -0.0585. The lowest BCUT2D eigenvalue weighted by Crippen LogP contribution is -2.35. The van der Waals surface area contributed by atoms with Crippen LogP contribution < -0.4 is 0 Å². The molecule has 0 saturated carbocycles. The standard InChI is InChI=1S/C14H29NO4/c1-12(18-9-7-16-3)14-5-6-15(11-14)13(2)19-10-8-17-4/h12-14H,5-11H2,1-4H3. The van der Waals surface area contributed by atoms with Crippen molar-refractivity contribution >= 4 is 0 Å². The Labute approximate surface area is 117 Å². The van der Waals surface area contributed by atoms with E-state index in [2.05, 4.69) is 18.7 Å². The molecule has 5 nitrogen and oxygen atoms in total. The summed E-state index contributed by atoms with van der Waals surface area (Å²) in [6, 6.07) is 0. The summed E-state index contributed by atoms with van der Waals surface area (Å²) < 4.78 is 21.5. The molecule has 0 spiro atoms. The summed E-state index contributed by atoms with van der Waals surface area (Å²) in [5, 5.41) is 0. The molecule has 1 rings (SSSR count). The van der Waals surface area contributed by atoms with Crippen LogP contribution in [0.25, 0.3) is 0 Å². The summed E-state index contributed by atoms with van der Waals surface area (Å²) in [4.78, 5) is 2.37. The van der Waals surface area contributed by atoms with E-state index in [9.17, 15) is 0 Å². The molecular weight excluding hydrogens is 246 g/mol. The van der Waals surface area contributed by atoms with E-state index in [1.54, 1.807) is 14.2 Å². The second-order valence-electron chi connectivity index (χ2n) is 5.08. The highest BCUT2D eigenvalue weighted by molar-refractivity contribution is 4.80. The molecule has 0 aromatic carbocycles. The highest BCUT2D eigenvalue weighted by Crippen LogP contribution is 2.23. The third-order valence-corrected chi connectivity index (χ3v) is 3.75. The fraction of sp³-hybridized carbons (Fsp3) is 1.00. The van der Waals surface area contributed by atoms with E-state index < -0.39 is 0 Å². The third-order valence-electron chi connectivity index (χ3n) is 3.75. The Kier molecular flexibility index (Phi) is 8.57. The maximum atomic E-state index is 5.78. The van der Waals surface area contributed by atoms with Crippen molar-refractivity contribution in [3.8, 4) is 0 Å². The molecule has 1 aliphatic heterocycles. The van der Waals surface area contributed by atoms with Gasteiger partial charge < -0.3 is 18.9 Å². The van der Waals surface area contributed by atoms with Crippen LogP contribution in [0.4, 0.5) is 0 Å². The maximum absolute atomic E-state index is 5.78. The van der Waals surface area contributed by atoms with Gasteiger partial charge in [-0.05, 0) is 26.2 Å². The van der Waals surface area contributed by atoms with Gasteiger partial charge in [-0.25, -0.2) is 0 Å². The number of methoxy groups -OCH3 is 2. The molecule has 0 N–H and O–H groups in total. The van der Waals surface area contributed by atoms with Crippen molar-refractivity contribution in [2.75, 3.05) is 53.7 Å². The van der Waals surface area contributed by atoms with Gasteiger partial charge in [0.05, 0.1) is 32.5 Å². The van der Waals surface area contributed by atoms with Crippen LogP contribution in [0.1, 0.15) is 20.3 Å². The number of hydrogen-bond acceptors (Lipinski definition) is 5. The lowest BCUT2D eigenvalue weighted by atomic mass is 10.0. The summed E-state index contributed by atoms with van der Waals surface area (Å²) in [5.41, 5.74) is 0. The number of ether oxygens (including phenoxy) is 4. The van der Waals surface area contributed by atoms with Crippen molar-refractivity contribution in [2.45, 2.75) is 32.6 Å². The first-order valence-corrected chi connectivity index (χ1v) is 7.14. The van der Waals surface area contributed by atoms with Crippen molar-refractivity contribution in [1.82, 2.24) is 4.90 Å². The van der Waals surface area contributed by atoms with Crippen LogP contribution in [0.15, 0.2) is 0 Å². The average molecular weight is 275 g/mol. The molecule has 1 saturated heterocycles. The van der Waals surface area contributed by atoms with Gasteiger partial charge in [-0.2, -0.15) is 0 Å². The molecule has 0 aliphatic carbocycles. The van der Waals surface area contributed by atoms with Gasteiger partial charge in [-0.15, -0.1) is 0 Å². The predicted octanol–water partition coefficient (Wildman–Crippen LogP) is 1.37. The van der Waals surface area contributed by atoms with Crippen molar-refractivity contribution in [1.29, 1.82) is 0 Å². The monoisotopic (exact) mass is 275 g/mol. The van der Waals surface area contributed by atoms with Crippen LogP contribution in [0, 0.1) is 5.92 Å². The minimum Gasteiger partial charge on any atom is -0.382 e. The molecule has 5 heteroatoms. The van der Waals surface area contributed by atoms with E-state index in [0.29, 0.717) is 32.3 Å². The van der Waals surface area contributed by atoms with Gasteiger partial charge in [-0.3, -0.25) is 4.90 Å². The van der Waals surface area contributed by atoms with Gasteiger partial charge in [-0.1, -0.05) is 0 Å². The van der Waals surface area contributed by atoms with Crippen molar-refractivity contribution in [2.24, 2.45) is 5.92 Å². The summed E-state index contributed by atoms with van der Waals surface area (Å²) in [7, 11) is 3.39. The van der Waals surface area contributed by atoms with Crippen LogP contribution in [0.2, 0.25) is 0 Å². The zero-order chi connectivity index (χ0) is 14.1. The third kappa shape index (κ3) is 6.19. The average Bonchev–Trinajstić information content (AvgIpc) is 2.89. The number of nitrogens with zero attached hydrogens (tertiary/aromatic N) is 1. The molecular formula is C14H29NO4. The van der Waals surface area contributed by atoms with Crippen LogP contribution in [-0.2, 0) is 18.9 Å². The fourth-order valence-corrected chi connectivity index (χ4v) is 2.39. The van der Waals surface area contributed by atoms with Crippen LogP contribution in [0.5, 0.6) is 0 Å². The molecule has 0 radical (unpaired) electrons. The molecule has 3 unspecified atom stereocenters. The SMILES string of the molecule is COCCOC(C)C1CCN(C(C)OCCOC)C1. The zero-order valence-electron chi connectivity index (χ0n) is 12.8. The van der Waals surface area contributed by atoms with Crippen LogP contribution >= 0.6 is 0 Å². The molecule has 3 atom stereocenters. The molecule has 0 amide bonds. The fourth-order valence-electron chi connectivity index (χ4n) is 2.39. The van der Waals surface area contributed by atoms with E-state index in [1.165, 1.54) is 6.42 Å². The number of hydrogen-bond donors (Lipinski definition) is 0. The van der Waals surface area contributed by atoms with E-state index in [0.717, 1.165) is 13.1 Å². The lowest BCUT2D eigenvalue weighted by Gasteiger charge is -2.25. The Morgan fingerprint density at radius 1 is 1.00 bits per heavy atom. The topological polar surface area (TPSA) is 40.2 Å². The minimum atomic E-state index is 0.159. The summed E-state index contributed by atoms with van der Waals surface area (Å²) in [6.07, 6.45) is 1.62. The molecule has 0 bridgehead atoms. The molecule has 1 heterocycles. The number of rotatable bonds is 10. The predicted molar refractivity (Wildman–Crippen MR) is 74.3 cm³/mol. The summed E-state index contributed by atoms with van der Waals surface area (Å²) >= 11 is 0. The molecule has 114 valence electrons. The molecule has 0 aromatic rings. The van der Waals surface area contributed by atoms with Crippen molar-refractivity contribution in [3.05, 3.63) is 0 Å². The first-order chi connectivity index (χ1) is 9.19. The van der Waals surface area contributed by atoms with E-state index in [-0.39, 0.29) is 12.3 Å². The molecule has 1 fully saturated rings. The van der Waals surface area contributed by atoms with E-state index in [4.69, 9.17) is 18.9 Å². The second-order valence-corrected chi connectivity index (χ2v) is 5.08. The Bertz CT molecular complexity index is 205. The maximum Gasteiger partial charge on any atom is 0.107 e. The smallest absolute Gasteiger partial charge is 0.107 e. The van der Waals surface area contributed by atoms with Crippen LogP contribution in [0.3, 0.4) is 0 Å². The van der Waals surface area contributed by atoms with Crippen molar-refractivity contribution < 1.29 is 18.9 Å². The normalized spacial score (nSPS) is 23.7. The van der Waals surface area contributed by atoms with Gasteiger partial charge in [0.2, 0.25) is 0 Å². The Morgan fingerprint density at radius 3 is 2.26 bits per heavy atom. The number of likely N-dealkylation sites (tertiary alicyclic amines) is 1. The van der Waals surface area contributed by atoms with Crippen molar-refractivity contribution in [3.63, 3.8) is 0 Å². The van der Waals surface area contributed by atoms with Gasteiger partial charge in [0.25, 0.3) is 0 Å². The first kappa shape index (κ1) is 16.9. The quantitative estimate of drug-likeness (QED) is 0.563.